The van der Waals surface area contributed by atoms with Gasteiger partial charge < -0.3 is 18.9 Å². The van der Waals surface area contributed by atoms with Crippen molar-refractivity contribution in [2.75, 3.05) is 13.7 Å². The number of nitrogens with zero attached hydrogens (tertiary/aromatic N) is 2. The number of carbonyl (C=O) groups excluding carboxylic acids is 2. The number of para-hydroxylation sites is 1. The van der Waals surface area contributed by atoms with Crippen molar-refractivity contribution in [3.8, 4) is 0 Å². The molecule has 3 heterocycles. The Bertz CT molecular complexity index is 1120. The maximum Gasteiger partial charge on any atom is 0.314 e. The van der Waals surface area contributed by atoms with Crippen molar-refractivity contribution in [2.24, 2.45) is 13.0 Å². The number of aromatic nitrogens is 1. The van der Waals surface area contributed by atoms with Gasteiger partial charge in [0.2, 0.25) is 5.91 Å². The van der Waals surface area contributed by atoms with Gasteiger partial charge in [0.1, 0.15) is 12.1 Å². The second-order valence-electron chi connectivity index (χ2n) is 8.40. The lowest BCUT2D eigenvalue weighted by atomic mass is 9.80. The van der Waals surface area contributed by atoms with Crippen molar-refractivity contribution in [3.05, 3.63) is 71.9 Å². The van der Waals surface area contributed by atoms with Gasteiger partial charge in [-0.1, -0.05) is 48.5 Å². The van der Waals surface area contributed by atoms with Crippen LogP contribution in [0, 0.1) is 5.92 Å². The minimum absolute atomic E-state index is 0.0280. The highest BCUT2D eigenvalue weighted by atomic mass is 16.5. The molecule has 5 rings (SSSR count). The molecule has 31 heavy (non-hydrogen) atoms. The van der Waals surface area contributed by atoms with E-state index in [4.69, 9.17) is 9.47 Å². The zero-order valence-electron chi connectivity index (χ0n) is 17.7. The molecule has 160 valence electrons. The predicted molar refractivity (Wildman–Crippen MR) is 116 cm³/mol. The number of piperidine rings is 1. The number of aryl methyl sites for hydroxylation is 1. The maximum atomic E-state index is 13.3. The predicted octanol–water partition coefficient (Wildman–Crippen LogP) is 3.77. The summed E-state index contributed by atoms with van der Waals surface area (Å²) < 4.78 is 13.3. The van der Waals surface area contributed by atoms with E-state index >= 15 is 0 Å². The summed E-state index contributed by atoms with van der Waals surface area (Å²) in [4.78, 5) is 28.0. The van der Waals surface area contributed by atoms with Gasteiger partial charge in [0, 0.05) is 24.7 Å². The maximum absolute atomic E-state index is 13.3. The lowest BCUT2D eigenvalue weighted by Crippen LogP contribution is -2.46. The number of carbonyl (C=O) groups is 2. The smallest absolute Gasteiger partial charge is 0.314 e. The summed E-state index contributed by atoms with van der Waals surface area (Å²) in [6.45, 7) is 0.476. The lowest BCUT2D eigenvalue weighted by Gasteiger charge is -2.38. The first kappa shape index (κ1) is 19.8. The van der Waals surface area contributed by atoms with Crippen molar-refractivity contribution in [2.45, 2.75) is 31.0 Å². The molecule has 2 saturated heterocycles. The van der Waals surface area contributed by atoms with E-state index < -0.39 is 5.92 Å². The van der Waals surface area contributed by atoms with E-state index in [1.807, 2.05) is 77.2 Å². The van der Waals surface area contributed by atoms with E-state index in [0.29, 0.717) is 19.4 Å². The Kier molecular flexibility index (Phi) is 5.02. The molecule has 0 unspecified atom stereocenters. The monoisotopic (exact) mass is 418 g/mol. The van der Waals surface area contributed by atoms with E-state index in [0.717, 1.165) is 22.2 Å². The van der Waals surface area contributed by atoms with Gasteiger partial charge in [0.05, 0.1) is 19.8 Å². The summed E-state index contributed by atoms with van der Waals surface area (Å²) in [5.74, 6) is -0.985. The highest BCUT2D eigenvalue weighted by Crippen LogP contribution is 2.43. The van der Waals surface area contributed by atoms with E-state index in [1.165, 1.54) is 7.11 Å². The molecular weight excluding hydrogens is 392 g/mol. The molecule has 2 aromatic carbocycles. The molecule has 0 bridgehead atoms. The van der Waals surface area contributed by atoms with Crippen molar-refractivity contribution >= 4 is 22.8 Å². The molecule has 2 aliphatic heterocycles. The second kappa shape index (κ2) is 7.85. The van der Waals surface area contributed by atoms with Gasteiger partial charge in [-0.15, -0.1) is 0 Å². The normalized spacial score (nSPS) is 24.3. The number of ether oxygens (including phenoxy) is 2. The van der Waals surface area contributed by atoms with E-state index in [-0.39, 0.29) is 30.1 Å². The van der Waals surface area contributed by atoms with E-state index in [9.17, 15) is 9.59 Å². The van der Waals surface area contributed by atoms with Gasteiger partial charge in [0.15, 0.2) is 0 Å². The Morgan fingerprint density at radius 3 is 2.61 bits per heavy atom. The third-order valence-corrected chi connectivity index (χ3v) is 6.74. The van der Waals surface area contributed by atoms with Crippen LogP contribution in [0.2, 0.25) is 0 Å². The third kappa shape index (κ3) is 3.31. The first-order valence-electron chi connectivity index (χ1n) is 10.7. The number of fused-ring (bicyclic) bond motifs is 2. The van der Waals surface area contributed by atoms with Crippen molar-refractivity contribution in [1.29, 1.82) is 0 Å². The van der Waals surface area contributed by atoms with Gasteiger partial charge in [0.25, 0.3) is 0 Å². The molecule has 0 saturated carbocycles. The highest BCUT2D eigenvalue weighted by molar-refractivity contribution is 5.86. The molecule has 4 atom stereocenters. The molecule has 6 nitrogen and oxygen atoms in total. The van der Waals surface area contributed by atoms with E-state index in [2.05, 4.69) is 0 Å². The van der Waals surface area contributed by atoms with Crippen molar-refractivity contribution in [1.82, 2.24) is 9.47 Å². The average molecular weight is 418 g/mol. The zero-order valence-corrected chi connectivity index (χ0v) is 17.7. The molecule has 0 radical (unpaired) electrons. The summed E-state index contributed by atoms with van der Waals surface area (Å²) in [7, 11) is 3.37. The summed E-state index contributed by atoms with van der Waals surface area (Å²) >= 11 is 0. The van der Waals surface area contributed by atoms with Crippen molar-refractivity contribution in [3.63, 3.8) is 0 Å². The fourth-order valence-electron chi connectivity index (χ4n) is 5.23. The fraction of sp³-hybridized carbons (Fsp3) is 0.360. The number of amides is 1. The molecule has 1 amide bonds. The Morgan fingerprint density at radius 2 is 1.87 bits per heavy atom. The molecule has 2 aliphatic rings. The topological polar surface area (TPSA) is 60.8 Å². The average Bonchev–Trinajstić information content (AvgIpc) is 3.37. The molecule has 1 aromatic heterocycles. The van der Waals surface area contributed by atoms with Crippen LogP contribution >= 0.6 is 0 Å². The Hall–Kier alpha value is -3.12. The molecule has 0 aliphatic carbocycles. The number of methoxy groups -OCH3 is 1. The van der Waals surface area contributed by atoms with Crippen LogP contribution < -0.4 is 0 Å². The Balaban J connectivity index is 1.47. The SMILES string of the molecule is COC(=O)[C@@H](c1cc2ccccc2n1C)[C@H]1CC(=O)N2[C@@H](C1)OC[C@H]2c1ccccc1. The van der Waals surface area contributed by atoms with Crippen LogP contribution in [0.25, 0.3) is 10.9 Å². The first-order valence-corrected chi connectivity index (χ1v) is 10.7. The standard InChI is InChI=1S/C25H26N2O4/c1-26-19-11-7-6-10-17(19)12-20(26)24(25(29)30-2)18-13-22(28)27-21(15-31-23(27)14-18)16-8-4-3-5-9-16/h3-12,18,21,23-24H,13-15H2,1-2H3/t18-,21-,23+,24+/m0/s1. The molecular formula is C25H26N2O4. The van der Waals surface area contributed by atoms with Gasteiger partial charge in [-0.25, -0.2) is 0 Å². The van der Waals surface area contributed by atoms with Crippen LogP contribution in [0.5, 0.6) is 0 Å². The van der Waals surface area contributed by atoms with Crippen LogP contribution in [-0.2, 0) is 26.1 Å². The van der Waals surface area contributed by atoms with Gasteiger partial charge in [-0.3, -0.25) is 9.59 Å². The summed E-state index contributed by atoms with van der Waals surface area (Å²) in [5, 5.41) is 1.07. The van der Waals surface area contributed by atoms with Crippen LogP contribution in [0.15, 0.2) is 60.7 Å². The minimum atomic E-state index is -0.520. The summed E-state index contributed by atoms with van der Waals surface area (Å²) in [6.07, 6.45) is 0.583. The van der Waals surface area contributed by atoms with E-state index in [1.54, 1.807) is 0 Å². The Morgan fingerprint density at radius 1 is 1.13 bits per heavy atom. The van der Waals surface area contributed by atoms with Crippen LogP contribution in [0.4, 0.5) is 0 Å². The summed E-state index contributed by atoms with van der Waals surface area (Å²) in [6, 6.07) is 20.0. The van der Waals surface area contributed by atoms with Gasteiger partial charge >= 0.3 is 5.97 Å². The second-order valence-corrected chi connectivity index (χ2v) is 8.40. The summed E-state index contributed by atoms with van der Waals surface area (Å²) in [5.41, 5.74) is 3.00. The highest BCUT2D eigenvalue weighted by Gasteiger charge is 2.47. The number of benzene rings is 2. The Labute approximate surface area is 181 Å². The molecule has 0 spiro atoms. The molecule has 0 N–H and O–H groups in total. The molecule has 6 heteroatoms. The largest absolute Gasteiger partial charge is 0.468 e. The lowest BCUT2D eigenvalue weighted by molar-refractivity contribution is -0.151. The number of hydrogen-bond donors (Lipinski definition) is 0. The minimum Gasteiger partial charge on any atom is -0.468 e. The first-order chi connectivity index (χ1) is 15.1. The molecule has 2 fully saturated rings. The number of esters is 1. The fourth-order valence-corrected chi connectivity index (χ4v) is 5.23. The third-order valence-electron chi connectivity index (χ3n) is 6.74. The van der Waals surface area contributed by atoms with Gasteiger partial charge in [-0.05, 0) is 35.4 Å². The zero-order chi connectivity index (χ0) is 21.5. The van der Waals surface area contributed by atoms with Crippen LogP contribution in [0.3, 0.4) is 0 Å². The molecule has 3 aromatic rings. The quantitative estimate of drug-likeness (QED) is 0.605. The number of hydrogen-bond acceptors (Lipinski definition) is 4. The van der Waals surface area contributed by atoms with Crippen molar-refractivity contribution < 1.29 is 19.1 Å². The van der Waals surface area contributed by atoms with Crippen LogP contribution in [-0.4, -0.2) is 41.3 Å². The number of rotatable bonds is 4. The van der Waals surface area contributed by atoms with Gasteiger partial charge in [-0.2, -0.15) is 0 Å². The van der Waals surface area contributed by atoms with Crippen LogP contribution in [0.1, 0.15) is 36.1 Å².